The molecule has 1 heterocycles. The van der Waals surface area contributed by atoms with Crippen LogP contribution >= 0.6 is 11.6 Å². The maximum atomic E-state index is 15.2. The van der Waals surface area contributed by atoms with E-state index in [-0.39, 0.29) is 35.9 Å². The Labute approximate surface area is 219 Å². The van der Waals surface area contributed by atoms with Gasteiger partial charge in [-0.3, -0.25) is 9.59 Å². The Bertz CT molecular complexity index is 1300. The van der Waals surface area contributed by atoms with Crippen LogP contribution < -0.4 is 16.4 Å². The molecule has 0 saturated heterocycles. The Morgan fingerprint density at radius 3 is 2.62 bits per heavy atom. The second-order valence-electron chi connectivity index (χ2n) is 9.25. The molecule has 2 aromatic carbocycles. The van der Waals surface area contributed by atoms with Gasteiger partial charge in [-0.1, -0.05) is 29.8 Å². The summed E-state index contributed by atoms with van der Waals surface area (Å²) < 4.78 is 15.2. The molecule has 1 saturated carbocycles. The molecule has 0 spiro atoms. The Hall–Kier alpha value is -3.56. The number of nitrogens with one attached hydrogen (secondary N) is 2. The van der Waals surface area contributed by atoms with Crippen LogP contribution in [0, 0.1) is 5.82 Å². The van der Waals surface area contributed by atoms with E-state index < -0.39 is 17.8 Å². The molecule has 1 aliphatic carbocycles. The molecule has 0 unspecified atom stereocenters. The number of carbonyl (C=O) groups excluding carboxylic acids is 2. The van der Waals surface area contributed by atoms with E-state index in [2.05, 4.69) is 20.6 Å². The summed E-state index contributed by atoms with van der Waals surface area (Å²) in [6, 6.07) is 10.4. The standard InChI is InChI=1S/C27H29ClFN5O3/c1-15(35)31-13-24(17-3-2-4-19(28)11-17)34-27(37)21-10-7-18(12-22(21)29)25-26(30)32-14-23(33-25)16-5-8-20(36)9-6-16/h2-4,7,10-12,14,16,20,24,36H,5-6,8-9,13H2,1H3,(H2,30,32)(H,31,35)(H,34,37)/t16-,20-,24-/m1/s1. The van der Waals surface area contributed by atoms with Gasteiger partial charge in [0.2, 0.25) is 5.91 Å². The summed E-state index contributed by atoms with van der Waals surface area (Å²) in [5, 5.41) is 15.7. The van der Waals surface area contributed by atoms with Gasteiger partial charge in [-0.2, -0.15) is 0 Å². The van der Waals surface area contributed by atoms with E-state index in [1.165, 1.54) is 19.1 Å². The van der Waals surface area contributed by atoms with E-state index in [1.54, 1.807) is 36.5 Å². The molecule has 1 fully saturated rings. The van der Waals surface area contributed by atoms with Gasteiger partial charge in [0.25, 0.3) is 5.91 Å². The molecule has 1 aliphatic rings. The number of nitrogens with zero attached hydrogens (tertiary/aromatic N) is 2. The van der Waals surface area contributed by atoms with Gasteiger partial charge < -0.3 is 21.5 Å². The molecule has 10 heteroatoms. The van der Waals surface area contributed by atoms with Crippen LogP contribution in [0.3, 0.4) is 0 Å². The first-order chi connectivity index (χ1) is 17.7. The minimum atomic E-state index is -0.744. The highest BCUT2D eigenvalue weighted by molar-refractivity contribution is 6.30. The van der Waals surface area contributed by atoms with E-state index in [0.717, 1.165) is 18.5 Å². The van der Waals surface area contributed by atoms with Crippen LogP contribution in [0.5, 0.6) is 0 Å². The maximum Gasteiger partial charge on any atom is 0.254 e. The first kappa shape index (κ1) is 26.5. The van der Waals surface area contributed by atoms with Crippen LogP contribution in [0.25, 0.3) is 11.3 Å². The van der Waals surface area contributed by atoms with E-state index in [4.69, 9.17) is 17.3 Å². The molecule has 37 heavy (non-hydrogen) atoms. The van der Waals surface area contributed by atoms with Gasteiger partial charge in [-0.05, 0) is 55.5 Å². The van der Waals surface area contributed by atoms with Crippen molar-refractivity contribution in [3.63, 3.8) is 0 Å². The Morgan fingerprint density at radius 2 is 1.95 bits per heavy atom. The maximum absolute atomic E-state index is 15.2. The lowest BCUT2D eigenvalue weighted by molar-refractivity contribution is -0.119. The first-order valence-corrected chi connectivity index (χ1v) is 12.5. The number of rotatable bonds is 7. The number of halogens is 2. The highest BCUT2D eigenvalue weighted by Gasteiger charge is 2.24. The summed E-state index contributed by atoms with van der Waals surface area (Å²) in [5.74, 6) is -1.34. The molecule has 0 aliphatic heterocycles. The molecule has 5 N–H and O–H groups in total. The average molecular weight is 526 g/mol. The topological polar surface area (TPSA) is 130 Å². The largest absolute Gasteiger partial charge is 0.393 e. The fourth-order valence-electron chi connectivity index (χ4n) is 4.50. The Kier molecular flexibility index (Phi) is 8.35. The number of anilines is 1. The first-order valence-electron chi connectivity index (χ1n) is 12.1. The molecule has 1 aromatic heterocycles. The lowest BCUT2D eigenvalue weighted by Crippen LogP contribution is -2.37. The van der Waals surface area contributed by atoms with Crippen molar-refractivity contribution >= 4 is 29.2 Å². The van der Waals surface area contributed by atoms with Crippen molar-refractivity contribution in [1.82, 2.24) is 20.6 Å². The summed E-state index contributed by atoms with van der Waals surface area (Å²) in [6.45, 7) is 1.48. The number of hydrogen-bond acceptors (Lipinski definition) is 6. The van der Waals surface area contributed by atoms with Crippen LogP contribution in [-0.4, -0.2) is 39.5 Å². The third-order valence-corrected chi connectivity index (χ3v) is 6.77. The van der Waals surface area contributed by atoms with Crippen LogP contribution in [0.4, 0.5) is 10.2 Å². The van der Waals surface area contributed by atoms with Crippen molar-refractivity contribution in [2.75, 3.05) is 12.3 Å². The van der Waals surface area contributed by atoms with Crippen LogP contribution in [0.15, 0.2) is 48.7 Å². The van der Waals surface area contributed by atoms with Crippen molar-refractivity contribution in [3.8, 4) is 11.3 Å². The Morgan fingerprint density at radius 1 is 1.19 bits per heavy atom. The smallest absolute Gasteiger partial charge is 0.254 e. The molecule has 1 atom stereocenters. The van der Waals surface area contributed by atoms with Crippen LogP contribution in [-0.2, 0) is 4.79 Å². The van der Waals surface area contributed by atoms with E-state index in [1.807, 2.05) is 0 Å². The number of aliphatic hydroxyl groups is 1. The number of hydrogen-bond donors (Lipinski definition) is 4. The molecular formula is C27H29ClFN5O3. The number of aliphatic hydroxyl groups excluding tert-OH is 1. The normalized spacial score (nSPS) is 18.2. The lowest BCUT2D eigenvalue weighted by Gasteiger charge is -2.25. The number of aromatic nitrogens is 2. The van der Waals surface area contributed by atoms with E-state index >= 15 is 4.39 Å². The second-order valence-corrected chi connectivity index (χ2v) is 9.68. The van der Waals surface area contributed by atoms with Crippen molar-refractivity contribution in [2.45, 2.75) is 50.7 Å². The number of nitrogens with two attached hydrogens (primary N) is 1. The molecule has 2 amide bonds. The highest BCUT2D eigenvalue weighted by Crippen LogP contribution is 2.34. The van der Waals surface area contributed by atoms with Crippen molar-refractivity contribution in [2.24, 2.45) is 0 Å². The highest BCUT2D eigenvalue weighted by atomic mass is 35.5. The zero-order chi connectivity index (χ0) is 26.5. The van der Waals surface area contributed by atoms with Gasteiger partial charge in [-0.15, -0.1) is 0 Å². The lowest BCUT2D eigenvalue weighted by atomic mass is 9.85. The van der Waals surface area contributed by atoms with Gasteiger partial charge in [0.05, 0.1) is 29.6 Å². The number of amides is 2. The number of benzene rings is 2. The van der Waals surface area contributed by atoms with Gasteiger partial charge in [0.15, 0.2) is 0 Å². The van der Waals surface area contributed by atoms with Gasteiger partial charge in [0, 0.05) is 30.0 Å². The average Bonchev–Trinajstić information content (AvgIpc) is 2.87. The van der Waals surface area contributed by atoms with Gasteiger partial charge >= 0.3 is 0 Å². The third-order valence-electron chi connectivity index (χ3n) is 6.53. The van der Waals surface area contributed by atoms with Gasteiger partial charge in [0.1, 0.15) is 17.3 Å². The summed E-state index contributed by atoms with van der Waals surface area (Å²) in [7, 11) is 0. The molecule has 3 aromatic rings. The van der Waals surface area contributed by atoms with Crippen molar-refractivity contribution < 1.29 is 19.1 Å². The fourth-order valence-corrected chi connectivity index (χ4v) is 4.70. The van der Waals surface area contributed by atoms with E-state index in [9.17, 15) is 14.7 Å². The molecule has 0 radical (unpaired) electrons. The zero-order valence-corrected chi connectivity index (χ0v) is 21.1. The van der Waals surface area contributed by atoms with Crippen molar-refractivity contribution in [3.05, 3.63) is 76.3 Å². The molecule has 8 nitrogen and oxygen atoms in total. The fraction of sp³-hybridized carbons (Fsp3) is 0.333. The predicted octanol–water partition coefficient (Wildman–Crippen LogP) is 4.14. The molecule has 194 valence electrons. The summed E-state index contributed by atoms with van der Waals surface area (Å²) >= 11 is 6.09. The summed E-state index contributed by atoms with van der Waals surface area (Å²) in [4.78, 5) is 33.4. The quantitative estimate of drug-likeness (QED) is 0.367. The summed E-state index contributed by atoms with van der Waals surface area (Å²) in [5.41, 5.74) is 8.06. The SMILES string of the molecule is CC(=O)NC[C@@H](NC(=O)c1ccc(-c2nc([C@H]3CC[C@H](O)CC3)cnc2N)cc1F)c1cccc(Cl)c1. The molecule has 0 bridgehead atoms. The number of nitrogen functional groups attached to an aromatic ring is 1. The Balaban J connectivity index is 1.55. The van der Waals surface area contributed by atoms with Crippen LogP contribution in [0.1, 0.15) is 66.2 Å². The third kappa shape index (κ3) is 6.61. The van der Waals surface area contributed by atoms with E-state index in [0.29, 0.717) is 34.7 Å². The monoisotopic (exact) mass is 525 g/mol. The second kappa shape index (κ2) is 11.7. The summed E-state index contributed by atoms with van der Waals surface area (Å²) in [6.07, 6.45) is 4.31. The predicted molar refractivity (Wildman–Crippen MR) is 139 cm³/mol. The molecular weight excluding hydrogens is 497 g/mol. The van der Waals surface area contributed by atoms with Crippen LogP contribution in [0.2, 0.25) is 5.02 Å². The zero-order valence-electron chi connectivity index (χ0n) is 20.4. The number of carbonyl (C=O) groups is 2. The van der Waals surface area contributed by atoms with Gasteiger partial charge in [-0.25, -0.2) is 14.4 Å². The van der Waals surface area contributed by atoms with Crippen molar-refractivity contribution in [1.29, 1.82) is 0 Å². The minimum Gasteiger partial charge on any atom is -0.393 e. The minimum absolute atomic E-state index is 0.109. The molecule has 4 rings (SSSR count).